The Bertz CT molecular complexity index is 310. The van der Waals surface area contributed by atoms with E-state index in [2.05, 4.69) is 0 Å². The van der Waals surface area contributed by atoms with Crippen LogP contribution in [0.4, 0.5) is 0 Å². The molecule has 0 saturated carbocycles. The van der Waals surface area contributed by atoms with E-state index in [1.54, 1.807) is 0 Å². The van der Waals surface area contributed by atoms with E-state index in [4.69, 9.17) is 11.2 Å². The standard InChI is InChI=1S/C10H14ClOP/c1-7-5-4-6-8(9(7)12)10(2,3)13-11/h4-6,12-13H,1-3H3. The summed E-state index contributed by atoms with van der Waals surface area (Å²) in [7, 11) is 0.267. The van der Waals surface area contributed by atoms with Crippen LogP contribution in [0.2, 0.25) is 0 Å². The van der Waals surface area contributed by atoms with Crippen LogP contribution in [0.1, 0.15) is 25.0 Å². The number of aromatic hydroxyl groups is 1. The number of hydrogen-bond acceptors (Lipinski definition) is 1. The Kier molecular flexibility index (Phi) is 3.21. The fourth-order valence-electron chi connectivity index (χ4n) is 1.21. The van der Waals surface area contributed by atoms with E-state index in [0.717, 1.165) is 11.1 Å². The first-order chi connectivity index (χ1) is 5.99. The summed E-state index contributed by atoms with van der Waals surface area (Å²) in [6.07, 6.45) is 0. The number of phenols is 1. The Labute approximate surface area is 85.7 Å². The van der Waals surface area contributed by atoms with Gasteiger partial charge in [-0.1, -0.05) is 43.3 Å². The fraction of sp³-hybridized carbons (Fsp3) is 0.400. The van der Waals surface area contributed by atoms with Gasteiger partial charge in [0.1, 0.15) is 5.75 Å². The smallest absolute Gasteiger partial charge is 0.122 e. The zero-order chi connectivity index (χ0) is 10.1. The maximum Gasteiger partial charge on any atom is 0.122 e. The Balaban J connectivity index is 3.22. The average Bonchev–Trinajstić information content (AvgIpc) is 2.09. The lowest BCUT2D eigenvalue weighted by Crippen LogP contribution is -2.08. The molecule has 1 aromatic rings. The molecule has 72 valence electrons. The Morgan fingerprint density at radius 1 is 1.38 bits per heavy atom. The van der Waals surface area contributed by atoms with E-state index < -0.39 is 0 Å². The molecule has 1 aromatic carbocycles. The Hall–Kier alpha value is -0.260. The SMILES string of the molecule is Cc1cccc(C(C)(C)PCl)c1O. The van der Waals surface area contributed by atoms with Gasteiger partial charge in [0.25, 0.3) is 0 Å². The maximum absolute atomic E-state index is 9.81. The number of halogens is 1. The molecular weight excluding hydrogens is 203 g/mol. The van der Waals surface area contributed by atoms with Gasteiger partial charge in [-0.2, -0.15) is 0 Å². The van der Waals surface area contributed by atoms with E-state index in [1.165, 1.54) is 0 Å². The highest BCUT2D eigenvalue weighted by Gasteiger charge is 2.23. The second kappa shape index (κ2) is 3.86. The maximum atomic E-state index is 9.81. The summed E-state index contributed by atoms with van der Waals surface area (Å²) >= 11 is 5.87. The van der Waals surface area contributed by atoms with Crippen LogP contribution >= 0.6 is 19.2 Å². The number of benzene rings is 1. The molecule has 0 spiro atoms. The molecule has 0 aliphatic carbocycles. The zero-order valence-electron chi connectivity index (χ0n) is 8.06. The third-order valence-corrected chi connectivity index (χ3v) is 4.31. The largest absolute Gasteiger partial charge is 0.507 e. The first-order valence-electron chi connectivity index (χ1n) is 4.16. The van der Waals surface area contributed by atoms with Crippen molar-refractivity contribution in [3.63, 3.8) is 0 Å². The van der Waals surface area contributed by atoms with Gasteiger partial charge in [-0.15, -0.1) is 0 Å². The van der Waals surface area contributed by atoms with Gasteiger partial charge in [0.15, 0.2) is 0 Å². The van der Waals surface area contributed by atoms with Crippen molar-refractivity contribution in [2.75, 3.05) is 0 Å². The second-order valence-electron chi connectivity index (χ2n) is 3.69. The van der Waals surface area contributed by atoms with E-state index in [-0.39, 0.29) is 13.1 Å². The molecule has 1 rings (SSSR count). The molecule has 1 N–H and O–H groups in total. The van der Waals surface area contributed by atoms with Crippen LogP contribution in [0.25, 0.3) is 0 Å². The summed E-state index contributed by atoms with van der Waals surface area (Å²) in [6, 6.07) is 5.77. The van der Waals surface area contributed by atoms with Gasteiger partial charge in [0.05, 0.1) is 0 Å². The third-order valence-electron chi connectivity index (χ3n) is 2.15. The van der Waals surface area contributed by atoms with Crippen molar-refractivity contribution in [3.05, 3.63) is 29.3 Å². The monoisotopic (exact) mass is 216 g/mol. The van der Waals surface area contributed by atoms with Crippen molar-refractivity contribution in [3.8, 4) is 5.75 Å². The first kappa shape index (κ1) is 10.8. The molecule has 0 fully saturated rings. The predicted octanol–water partition coefficient (Wildman–Crippen LogP) is 3.77. The van der Waals surface area contributed by atoms with Crippen LogP contribution in [-0.4, -0.2) is 5.11 Å². The predicted molar refractivity (Wildman–Crippen MR) is 60.0 cm³/mol. The number of para-hydroxylation sites is 1. The van der Waals surface area contributed by atoms with Crippen molar-refractivity contribution in [1.29, 1.82) is 0 Å². The average molecular weight is 217 g/mol. The summed E-state index contributed by atoms with van der Waals surface area (Å²) < 4.78 is 0. The van der Waals surface area contributed by atoms with E-state index in [1.807, 2.05) is 39.0 Å². The summed E-state index contributed by atoms with van der Waals surface area (Å²) in [5, 5.41) is 9.67. The van der Waals surface area contributed by atoms with E-state index in [0.29, 0.717) is 5.75 Å². The summed E-state index contributed by atoms with van der Waals surface area (Å²) in [5.41, 5.74) is 1.83. The molecule has 0 bridgehead atoms. The molecule has 1 unspecified atom stereocenters. The lowest BCUT2D eigenvalue weighted by molar-refractivity contribution is 0.457. The van der Waals surface area contributed by atoms with Crippen molar-refractivity contribution >= 4 is 19.2 Å². The molecule has 1 atom stereocenters. The topological polar surface area (TPSA) is 20.2 Å². The van der Waals surface area contributed by atoms with Crippen LogP contribution in [0.15, 0.2) is 18.2 Å². The van der Waals surface area contributed by atoms with Crippen LogP contribution in [0.5, 0.6) is 5.75 Å². The minimum absolute atomic E-state index is 0.141. The minimum atomic E-state index is -0.141. The minimum Gasteiger partial charge on any atom is -0.507 e. The molecule has 0 aliphatic rings. The van der Waals surface area contributed by atoms with Crippen molar-refractivity contribution < 1.29 is 5.11 Å². The molecular formula is C10H14ClOP. The zero-order valence-corrected chi connectivity index (χ0v) is 9.81. The third kappa shape index (κ3) is 2.15. The van der Waals surface area contributed by atoms with Gasteiger partial charge >= 0.3 is 0 Å². The molecule has 0 saturated heterocycles. The number of aryl methyl sites for hydroxylation is 1. The van der Waals surface area contributed by atoms with Crippen molar-refractivity contribution in [2.45, 2.75) is 25.9 Å². The van der Waals surface area contributed by atoms with Crippen molar-refractivity contribution in [2.24, 2.45) is 0 Å². The number of rotatable bonds is 2. The van der Waals surface area contributed by atoms with E-state index >= 15 is 0 Å². The van der Waals surface area contributed by atoms with Crippen LogP contribution < -0.4 is 0 Å². The lowest BCUT2D eigenvalue weighted by Gasteiger charge is -2.23. The van der Waals surface area contributed by atoms with Crippen molar-refractivity contribution in [1.82, 2.24) is 0 Å². The van der Waals surface area contributed by atoms with Crippen LogP contribution in [0.3, 0.4) is 0 Å². The summed E-state index contributed by atoms with van der Waals surface area (Å²) in [5.74, 6) is 0.376. The molecule has 1 nitrogen and oxygen atoms in total. The molecule has 0 aliphatic heterocycles. The molecule has 3 heteroatoms. The molecule has 0 aromatic heterocycles. The molecule has 0 radical (unpaired) electrons. The quantitative estimate of drug-likeness (QED) is 0.747. The first-order valence-corrected chi connectivity index (χ1v) is 6.17. The second-order valence-corrected chi connectivity index (χ2v) is 5.70. The number of hydrogen-bond donors (Lipinski definition) is 1. The highest BCUT2D eigenvalue weighted by Crippen LogP contribution is 2.47. The normalized spacial score (nSPS) is 12.6. The lowest BCUT2D eigenvalue weighted by atomic mass is 9.99. The van der Waals surface area contributed by atoms with Gasteiger partial charge in [-0.05, 0) is 20.4 Å². The van der Waals surface area contributed by atoms with Gasteiger partial charge in [-0.25, -0.2) is 0 Å². The summed E-state index contributed by atoms with van der Waals surface area (Å²) in [4.78, 5) is 0. The van der Waals surface area contributed by atoms with Crippen LogP contribution in [-0.2, 0) is 5.16 Å². The highest BCUT2D eigenvalue weighted by molar-refractivity contribution is 7.69. The fourth-order valence-corrected chi connectivity index (χ4v) is 1.82. The van der Waals surface area contributed by atoms with Crippen LogP contribution in [0, 0.1) is 6.92 Å². The molecule has 0 heterocycles. The van der Waals surface area contributed by atoms with E-state index in [9.17, 15) is 5.11 Å². The van der Waals surface area contributed by atoms with Gasteiger partial charge in [-0.3, -0.25) is 0 Å². The molecule has 0 amide bonds. The van der Waals surface area contributed by atoms with Gasteiger partial charge < -0.3 is 5.11 Å². The highest BCUT2D eigenvalue weighted by atomic mass is 35.7. The van der Waals surface area contributed by atoms with Gasteiger partial charge in [0, 0.05) is 10.7 Å². The summed E-state index contributed by atoms with van der Waals surface area (Å²) in [6.45, 7) is 5.96. The number of phenolic OH excluding ortho intramolecular Hbond substituents is 1. The Morgan fingerprint density at radius 3 is 2.54 bits per heavy atom. The van der Waals surface area contributed by atoms with Gasteiger partial charge in [0.2, 0.25) is 0 Å². The Morgan fingerprint density at radius 2 is 2.00 bits per heavy atom. The molecule has 13 heavy (non-hydrogen) atoms.